The van der Waals surface area contributed by atoms with E-state index in [1.807, 2.05) is 24.3 Å². The van der Waals surface area contributed by atoms with Gasteiger partial charge >= 0.3 is 0 Å². The van der Waals surface area contributed by atoms with Crippen LogP contribution in [0.4, 0.5) is 5.69 Å². The molecule has 1 atom stereocenters. The number of amides is 1. The molecule has 0 bridgehead atoms. The molecule has 6 nitrogen and oxygen atoms in total. The van der Waals surface area contributed by atoms with Crippen molar-refractivity contribution in [1.82, 2.24) is 4.72 Å². The number of rotatable bonds is 3. The first-order chi connectivity index (χ1) is 9.85. The number of benzene rings is 1. The zero-order valence-electron chi connectivity index (χ0n) is 11.2. The van der Waals surface area contributed by atoms with Crippen LogP contribution in [0.5, 0.6) is 0 Å². The van der Waals surface area contributed by atoms with Crippen molar-refractivity contribution < 1.29 is 13.2 Å². The first-order valence-corrected chi connectivity index (χ1v) is 8.13. The molecular weight excluding hydrogens is 290 g/mol. The van der Waals surface area contributed by atoms with Crippen molar-refractivity contribution in [3.8, 4) is 0 Å². The summed E-state index contributed by atoms with van der Waals surface area (Å²) in [6, 6.07) is 6.72. The fraction of sp³-hybridized carbons (Fsp3) is 0.143. The van der Waals surface area contributed by atoms with Crippen LogP contribution in [-0.2, 0) is 14.8 Å². The molecule has 1 heterocycles. The Balaban J connectivity index is 2.13. The number of nitrogens with zero attached hydrogens (tertiary/aromatic N) is 1. The number of hydrogen-bond acceptors (Lipinski definition) is 4. The minimum atomic E-state index is -3.45. The molecule has 3 N–H and O–H groups in total. The van der Waals surface area contributed by atoms with E-state index < -0.39 is 22.0 Å². The molecule has 2 aliphatic rings. The van der Waals surface area contributed by atoms with E-state index in [4.69, 9.17) is 5.73 Å². The Kier molecular flexibility index (Phi) is 3.03. The summed E-state index contributed by atoms with van der Waals surface area (Å²) >= 11 is 0. The number of hydrogen-bond donors (Lipinski definition) is 2. The zero-order valence-corrected chi connectivity index (χ0v) is 12.0. The van der Waals surface area contributed by atoms with Crippen LogP contribution in [0.1, 0.15) is 5.56 Å². The van der Waals surface area contributed by atoms with E-state index in [1.165, 1.54) is 6.08 Å². The van der Waals surface area contributed by atoms with Crippen molar-refractivity contribution in [3.63, 3.8) is 0 Å². The SMILES string of the molecule is CS(=O)(=O)NC1C=C(C(N)=O)C=C2C1=Nc1ccccc12. The summed E-state index contributed by atoms with van der Waals surface area (Å²) in [5.74, 6) is -0.605. The van der Waals surface area contributed by atoms with Crippen LogP contribution in [0.15, 0.2) is 47.0 Å². The summed E-state index contributed by atoms with van der Waals surface area (Å²) in [5, 5.41) is 0. The number of nitrogens with one attached hydrogen (secondary N) is 1. The van der Waals surface area contributed by atoms with Gasteiger partial charge in [-0.25, -0.2) is 13.1 Å². The van der Waals surface area contributed by atoms with Crippen molar-refractivity contribution in [3.05, 3.63) is 47.6 Å². The number of carbonyl (C=O) groups is 1. The second-order valence-electron chi connectivity index (χ2n) is 4.93. The predicted octanol–water partition coefficient (Wildman–Crippen LogP) is 0.499. The van der Waals surface area contributed by atoms with E-state index in [2.05, 4.69) is 9.71 Å². The molecule has 108 valence electrons. The summed E-state index contributed by atoms with van der Waals surface area (Å²) < 4.78 is 25.5. The van der Waals surface area contributed by atoms with Crippen molar-refractivity contribution in [1.29, 1.82) is 0 Å². The average molecular weight is 303 g/mol. The lowest BCUT2D eigenvalue weighted by Crippen LogP contribution is -2.40. The van der Waals surface area contributed by atoms with Gasteiger partial charge in [0, 0.05) is 16.7 Å². The molecule has 0 spiro atoms. The second kappa shape index (κ2) is 4.64. The number of nitrogens with two attached hydrogens (primary N) is 1. The van der Waals surface area contributed by atoms with Crippen molar-refractivity contribution >= 4 is 32.9 Å². The Hall–Kier alpha value is -2.25. The van der Waals surface area contributed by atoms with Gasteiger partial charge in [0.2, 0.25) is 15.9 Å². The summed E-state index contributed by atoms with van der Waals surface area (Å²) in [7, 11) is -3.45. The fourth-order valence-electron chi connectivity index (χ4n) is 2.45. The third kappa shape index (κ3) is 2.53. The predicted molar refractivity (Wildman–Crippen MR) is 80.6 cm³/mol. The van der Waals surface area contributed by atoms with Crippen LogP contribution < -0.4 is 10.5 Å². The third-order valence-electron chi connectivity index (χ3n) is 3.28. The van der Waals surface area contributed by atoms with Crippen LogP contribution in [0.25, 0.3) is 5.57 Å². The normalized spacial score (nSPS) is 20.0. The van der Waals surface area contributed by atoms with Gasteiger partial charge in [0.1, 0.15) is 0 Å². The summed E-state index contributed by atoms with van der Waals surface area (Å²) in [5.41, 5.74) is 8.50. The Bertz CT molecular complexity index is 835. The lowest BCUT2D eigenvalue weighted by Gasteiger charge is -2.20. The molecule has 1 aliphatic carbocycles. The molecule has 0 saturated carbocycles. The van der Waals surface area contributed by atoms with Crippen LogP contribution in [0.2, 0.25) is 0 Å². The maximum absolute atomic E-state index is 11.5. The van der Waals surface area contributed by atoms with E-state index in [-0.39, 0.29) is 5.57 Å². The van der Waals surface area contributed by atoms with Crippen LogP contribution >= 0.6 is 0 Å². The number of carbonyl (C=O) groups excluding carboxylic acids is 1. The maximum Gasteiger partial charge on any atom is 0.248 e. The van der Waals surface area contributed by atoms with Crippen molar-refractivity contribution in [2.45, 2.75) is 6.04 Å². The fourth-order valence-corrected chi connectivity index (χ4v) is 3.09. The van der Waals surface area contributed by atoms with Gasteiger partial charge in [-0.2, -0.15) is 0 Å². The Labute approximate surface area is 122 Å². The zero-order chi connectivity index (χ0) is 15.2. The third-order valence-corrected chi connectivity index (χ3v) is 3.96. The van der Waals surface area contributed by atoms with Crippen LogP contribution in [-0.4, -0.2) is 32.3 Å². The Morgan fingerprint density at radius 2 is 2.05 bits per heavy atom. The van der Waals surface area contributed by atoms with E-state index in [1.54, 1.807) is 6.08 Å². The van der Waals surface area contributed by atoms with Crippen molar-refractivity contribution in [2.24, 2.45) is 10.7 Å². The highest BCUT2D eigenvalue weighted by Gasteiger charge is 2.32. The van der Waals surface area contributed by atoms with Gasteiger partial charge in [-0.1, -0.05) is 18.2 Å². The highest BCUT2D eigenvalue weighted by molar-refractivity contribution is 7.88. The molecule has 1 aromatic rings. The number of primary amides is 1. The topological polar surface area (TPSA) is 102 Å². The van der Waals surface area contributed by atoms with Gasteiger partial charge < -0.3 is 5.73 Å². The molecule has 0 radical (unpaired) electrons. The molecule has 21 heavy (non-hydrogen) atoms. The largest absolute Gasteiger partial charge is 0.366 e. The molecule has 0 fully saturated rings. The Morgan fingerprint density at radius 3 is 2.71 bits per heavy atom. The smallest absolute Gasteiger partial charge is 0.248 e. The standard InChI is InChI=1S/C14H13N3O3S/c1-21(19,20)17-12-7-8(14(15)18)6-10-9-4-2-3-5-11(9)16-13(10)12/h2-7,12,17H,1H3,(H2,15,18). The van der Waals surface area contributed by atoms with Gasteiger partial charge in [0.05, 0.1) is 23.7 Å². The number of aliphatic imine (C=N–C) groups is 1. The minimum Gasteiger partial charge on any atom is -0.366 e. The number of sulfonamides is 1. The summed E-state index contributed by atoms with van der Waals surface area (Å²) in [6.07, 6.45) is 4.19. The maximum atomic E-state index is 11.5. The molecule has 0 saturated heterocycles. The molecule has 7 heteroatoms. The van der Waals surface area contributed by atoms with E-state index >= 15 is 0 Å². The van der Waals surface area contributed by atoms with E-state index in [0.29, 0.717) is 5.71 Å². The molecule has 1 aliphatic heterocycles. The molecule has 1 amide bonds. The highest BCUT2D eigenvalue weighted by Crippen LogP contribution is 2.38. The van der Waals surface area contributed by atoms with Crippen LogP contribution in [0.3, 0.4) is 0 Å². The lowest BCUT2D eigenvalue weighted by molar-refractivity contribution is -0.114. The number of para-hydroxylation sites is 1. The first-order valence-electron chi connectivity index (χ1n) is 6.24. The first kappa shape index (κ1) is 13.7. The van der Waals surface area contributed by atoms with E-state index in [9.17, 15) is 13.2 Å². The quantitative estimate of drug-likeness (QED) is 0.850. The van der Waals surface area contributed by atoms with E-state index in [0.717, 1.165) is 23.1 Å². The molecular formula is C14H13N3O3S. The number of fused-ring (bicyclic) bond motifs is 3. The lowest BCUT2D eigenvalue weighted by atomic mass is 9.90. The summed E-state index contributed by atoms with van der Waals surface area (Å²) in [6.45, 7) is 0. The van der Waals surface area contributed by atoms with Gasteiger partial charge in [0.25, 0.3) is 0 Å². The molecule has 3 rings (SSSR count). The highest BCUT2D eigenvalue weighted by atomic mass is 32.2. The van der Waals surface area contributed by atoms with Gasteiger partial charge in [0.15, 0.2) is 0 Å². The molecule has 1 aromatic carbocycles. The van der Waals surface area contributed by atoms with Crippen molar-refractivity contribution in [2.75, 3.05) is 6.26 Å². The van der Waals surface area contributed by atoms with Crippen LogP contribution in [0, 0.1) is 0 Å². The molecule has 1 unspecified atom stereocenters. The monoisotopic (exact) mass is 303 g/mol. The van der Waals surface area contributed by atoms with Gasteiger partial charge in [-0.05, 0) is 18.2 Å². The minimum absolute atomic E-state index is 0.266. The average Bonchev–Trinajstić information content (AvgIpc) is 2.76. The Morgan fingerprint density at radius 1 is 1.33 bits per heavy atom. The summed E-state index contributed by atoms with van der Waals surface area (Å²) in [4.78, 5) is 15.9. The second-order valence-corrected chi connectivity index (χ2v) is 6.71. The molecule has 0 aromatic heterocycles. The van der Waals surface area contributed by atoms with Gasteiger partial charge in [-0.15, -0.1) is 0 Å². The van der Waals surface area contributed by atoms with Gasteiger partial charge in [-0.3, -0.25) is 9.79 Å².